The van der Waals surface area contributed by atoms with Crippen LogP contribution in [0.3, 0.4) is 0 Å². The Hall–Kier alpha value is -3.66. The van der Waals surface area contributed by atoms with E-state index in [1.165, 1.54) is 6.07 Å². The van der Waals surface area contributed by atoms with Gasteiger partial charge in [0.25, 0.3) is 0 Å². The van der Waals surface area contributed by atoms with E-state index in [9.17, 15) is 4.79 Å². The van der Waals surface area contributed by atoms with Crippen molar-refractivity contribution in [1.29, 1.82) is 0 Å². The van der Waals surface area contributed by atoms with E-state index in [2.05, 4.69) is 38.6 Å². The van der Waals surface area contributed by atoms with Gasteiger partial charge in [0.05, 0.1) is 24.8 Å². The first-order valence-electron chi connectivity index (χ1n) is 14.3. The fraction of sp³-hybridized carbons (Fsp3) is 0.484. The van der Waals surface area contributed by atoms with Gasteiger partial charge in [0, 0.05) is 36.0 Å². The Morgan fingerprint density at radius 3 is 2.56 bits per heavy atom. The molecule has 218 valence electrons. The van der Waals surface area contributed by atoms with Gasteiger partial charge in [-0.3, -0.25) is 14.7 Å². The van der Waals surface area contributed by atoms with Crippen LogP contribution in [-0.4, -0.2) is 57.0 Å². The van der Waals surface area contributed by atoms with Crippen LogP contribution >= 0.6 is 0 Å². The van der Waals surface area contributed by atoms with Crippen LogP contribution in [0.15, 0.2) is 36.7 Å². The van der Waals surface area contributed by atoms with Crippen LogP contribution < -0.4 is 15.4 Å². The Balaban J connectivity index is 1.33. The van der Waals surface area contributed by atoms with Gasteiger partial charge < -0.3 is 15.4 Å². The van der Waals surface area contributed by atoms with Crippen molar-refractivity contribution in [2.75, 3.05) is 24.5 Å². The number of hydrogen-bond donors (Lipinski definition) is 1. The molecule has 10 heteroatoms. The number of likely N-dealkylation sites (tertiary alicyclic amines) is 1. The second-order valence-corrected chi connectivity index (χ2v) is 11.8. The lowest BCUT2D eigenvalue weighted by molar-refractivity contribution is -0.123. The lowest BCUT2D eigenvalue weighted by Gasteiger charge is -2.44. The summed E-state index contributed by atoms with van der Waals surface area (Å²) in [4.78, 5) is 29.1. The molecule has 2 aromatic heterocycles. The number of benzene rings is 1. The van der Waals surface area contributed by atoms with E-state index in [-0.39, 0.29) is 29.3 Å². The first-order valence-corrected chi connectivity index (χ1v) is 14.3. The zero-order valence-corrected chi connectivity index (χ0v) is 24.2. The number of aromatic nitrogens is 3. The Bertz CT molecular complexity index is 1410. The van der Waals surface area contributed by atoms with Crippen LogP contribution in [0.1, 0.15) is 64.0 Å². The highest BCUT2D eigenvalue weighted by Gasteiger charge is 2.36. The highest BCUT2D eigenvalue weighted by Crippen LogP contribution is 2.43. The van der Waals surface area contributed by atoms with Crippen molar-refractivity contribution in [3.63, 3.8) is 0 Å². The number of primary amides is 1. The molecule has 2 N–H and O–H groups in total. The van der Waals surface area contributed by atoms with Crippen molar-refractivity contribution < 1.29 is 18.3 Å². The van der Waals surface area contributed by atoms with E-state index in [1.807, 2.05) is 32.2 Å². The standard InChI is InChI=1S/C31H38F2N6O2/c1-5-19(2)39-18-31(3,4)41-29-24(32)12-22(13-26(29)39)28-25(33)16-36-27(37-28)14-23-7-6-20(15-35-23)17-38-10-8-21(9-11-38)30(34)40/h6-7,12-13,15-16,19,21H,5,8-11,14,17-18H2,1-4H3,(H2,34,40). The van der Waals surface area contributed by atoms with E-state index in [4.69, 9.17) is 10.5 Å². The molecular weight excluding hydrogens is 526 g/mol. The van der Waals surface area contributed by atoms with E-state index >= 15 is 8.78 Å². The van der Waals surface area contributed by atoms with Gasteiger partial charge in [-0.2, -0.15) is 0 Å². The number of halogens is 2. The quantitative estimate of drug-likeness (QED) is 0.417. The molecule has 5 rings (SSSR count). The minimum atomic E-state index is -0.622. The highest BCUT2D eigenvalue weighted by atomic mass is 19.1. The molecule has 0 radical (unpaired) electrons. The molecule has 1 saturated heterocycles. The second-order valence-electron chi connectivity index (χ2n) is 11.8. The van der Waals surface area contributed by atoms with Gasteiger partial charge >= 0.3 is 0 Å². The van der Waals surface area contributed by atoms with E-state index in [1.54, 1.807) is 6.07 Å². The average Bonchev–Trinajstić information content (AvgIpc) is 2.94. The molecule has 8 nitrogen and oxygen atoms in total. The molecule has 41 heavy (non-hydrogen) atoms. The minimum absolute atomic E-state index is 0.0375. The average molecular weight is 565 g/mol. The van der Waals surface area contributed by atoms with Crippen LogP contribution in [0.5, 0.6) is 5.75 Å². The zero-order chi connectivity index (χ0) is 29.3. The van der Waals surface area contributed by atoms with Crippen LogP contribution in [0, 0.1) is 17.6 Å². The number of pyridine rings is 1. The van der Waals surface area contributed by atoms with Crippen LogP contribution in [0.4, 0.5) is 14.5 Å². The number of fused-ring (bicyclic) bond motifs is 1. The zero-order valence-electron chi connectivity index (χ0n) is 24.2. The van der Waals surface area contributed by atoms with Gasteiger partial charge in [0.15, 0.2) is 17.4 Å². The summed E-state index contributed by atoms with van der Waals surface area (Å²) in [5.74, 6) is -0.849. The van der Waals surface area contributed by atoms with Gasteiger partial charge in [-0.1, -0.05) is 13.0 Å². The largest absolute Gasteiger partial charge is 0.481 e. The number of nitrogens with two attached hydrogens (primary N) is 1. The van der Waals surface area contributed by atoms with Crippen molar-refractivity contribution in [3.05, 3.63) is 65.4 Å². The monoisotopic (exact) mass is 564 g/mol. The van der Waals surface area contributed by atoms with Gasteiger partial charge in [-0.25, -0.2) is 18.7 Å². The smallest absolute Gasteiger partial charge is 0.220 e. The molecule has 2 aliphatic heterocycles. The predicted molar refractivity (Wildman–Crippen MR) is 153 cm³/mol. The molecule has 3 aromatic rings. The third-order valence-corrected chi connectivity index (χ3v) is 8.07. The molecule has 0 aliphatic carbocycles. The van der Waals surface area contributed by atoms with E-state index < -0.39 is 17.2 Å². The Kier molecular flexibility index (Phi) is 8.22. The van der Waals surface area contributed by atoms with Gasteiger partial charge in [0.2, 0.25) is 5.91 Å². The third-order valence-electron chi connectivity index (χ3n) is 8.07. The van der Waals surface area contributed by atoms with Gasteiger partial charge in [-0.05, 0) is 76.9 Å². The molecule has 1 aromatic carbocycles. The third kappa shape index (κ3) is 6.48. The van der Waals surface area contributed by atoms with Gasteiger partial charge in [-0.15, -0.1) is 0 Å². The second kappa shape index (κ2) is 11.7. The molecule has 0 saturated carbocycles. The summed E-state index contributed by atoms with van der Waals surface area (Å²) in [5, 5.41) is 0. The Morgan fingerprint density at radius 2 is 1.90 bits per heavy atom. The lowest BCUT2D eigenvalue weighted by atomic mass is 9.96. The molecule has 1 unspecified atom stereocenters. The maximum absolute atomic E-state index is 15.4. The van der Waals surface area contributed by atoms with Crippen molar-refractivity contribution in [2.45, 2.75) is 71.6 Å². The number of anilines is 1. The number of ether oxygens (including phenoxy) is 1. The van der Waals surface area contributed by atoms with Crippen molar-refractivity contribution in [2.24, 2.45) is 11.7 Å². The van der Waals surface area contributed by atoms with Crippen molar-refractivity contribution >= 4 is 11.6 Å². The number of piperidine rings is 1. The maximum atomic E-state index is 15.4. The summed E-state index contributed by atoms with van der Waals surface area (Å²) in [6.07, 6.45) is 5.68. The lowest BCUT2D eigenvalue weighted by Crippen LogP contribution is -2.50. The summed E-state index contributed by atoms with van der Waals surface area (Å²) in [5.41, 5.74) is 7.67. The van der Waals surface area contributed by atoms with Crippen LogP contribution in [0.25, 0.3) is 11.3 Å². The predicted octanol–water partition coefficient (Wildman–Crippen LogP) is 4.88. The summed E-state index contributed by atoms with van der Waals surface area (Å²) < 4.78 is 36.4. The number of carbonyl (C=O) groups excluding carboxylic acids is 1. The topological polar surface area (TPSA) is 97.5 Å². The first kappa shape index (κ1) is 28.9. The van der Waals surface area contributed by atoms with Crippen LogP contribution in [0.2, 0.25) is 0 Å². The highest BCUT2D eigenvalue weighted by molar-refractivity contribution is 5.76. The Labute approximate surface area is 239 Å². The molecule has 1 amide bonds. The minimum Gasteiger partial charge on any atom is -0.481 e. The summed E-state index contributed by atoms with van der Waals surface area (Å²) in [6.45, 7) is 11.0. The normalized spacial score (nSPS) is 18.0. The van der Waals surface area contributed by atoms with E-state index in [0.717, 1.165) is 56.4 Å². The fourth-order valence-corrected chi connectivity index (χ4v) is 5.59. The molecule has 0 spiro atoms. The number of amides is 1. The first-order chi connectivity index (χ1) is 19.5. The molecule has 4 heterocycles. The number of nitrogens with zero attached hydrogens (tertiary/aromatic N) is 5. The Morgan fingerprint density at radius 1 is 1.15 bits per heavy atom. The van der Waals surface area contributed by atoms with Crippen molar-refractivity contribution in [1.82, 2.24) is 19.9 Å². The van der Waals surface area contributed by atoms with E-state index in [0.29, 0.717) is 30.0 Å². The number of rotatable bonds is 8. The van der Waals surface area contributed by atoms with Crippen LogP contribution in [-0.2, 0) is 17.8 Å². The van der Waals surface area contributed by atoms with Gasteiger partial charge in [0.1, 0.15) is 17.1 Å². The maximum Gasteiger partial charge on any atom is 0.220 e. The van der Waals surface area contributed by atoms with Crippen molar-refractivity contribution in [3.8, 4) is 17.0 Å². The summed E-state index contributed by atoms with van der Waals surface area (Å²) >= 11 is 0. The fourth-order valence-electron chi connectivity index (χ4n) is 5.59. The molecule has 1 fully saturated rings. The molecule has 0 bridgehead atoms. The number of carbonyl (C=O) groups is 1. The molecular formula is C31H38F2N6O2. The molecule has 1 atom stereocenters. The molecule has 2 aliphatic rings. The number of hydrogen-bond acceptors (Lipinski definition) is 7. The summed E-state index contributed by atoms with van der Waals surface area (Å²) in [7, 11) is 0. The SMILES string of the molecule is CCC(C)N1CC(C)(C)Oc2c(F)cc(-c3nc(Cc4ccc(CN5CCC(C(N)=O)CC5)cn4)ncc3F)cc21. The summed E-state index contributed by atoms with van der Waals surface area (Å²) in [6, 6.07) is 7.11.